The van der Waals surface area contributed by atoms with Crippen molar-refractivity contribution in [1.29, 1.82) is 0 Å². The van der Waals surface area contributed by atoms with Crippen LogP contribution in [0.5, 0.6) is 0 Å². The van der Waals surface area contributed by atoms with Crippen molar-refractivity contribution in [3.05, 3.63) is 24.0 Å². The van der Waals surface area contributed by atoms with Gasteiger partial charge >= 0.3 is 5.97 Å². The van der Waals surface area contributed by atoms with Gasteiger partial charge in [-0.05, 0) is 18.9 Å². The number of aromatic carboxylic acids is 1. The molecule has 6 heteroatoms. The third-order valence-electron chi connectivity index (χ3n) is 3.20. The van der Waals surface area contributed by atoms with Crippen LogP contribution in [0.2, 0.25) is 0 Å². The molecule has 0 saturated carbocycles. The number of pyridine rings is 1. The van der Waals surface area contributed by atoms with Crippen LogP contribution in [0.1, 0.15) is 23.2 Å². The molecule has 0 bridgehead atoms. The molecule has 0 amide bonds. The second-order valence-electron chi connectivity index (χ2n) is 4.40. The molecule has 0 spiro atoms. The molecule has 2 rings (SSSR count). The maximum absolute atomic E-state index is 11.1. The van der Waals surface area contributed by atoms with E-state index in [0.29, 0.717) is 31.7 Å². The van der Waals surface area contributed by atoms with Crippen LogP contribution in [0.3, 0.4) is 0 Å². The molecule has 0 unspecified atom stereocenters. The van der Waals surface area contributed by atoms with E-state index < -0.39 is 11.5 Å². The summed E-state index contributed by atoms with van der Waals surface area (Å²) >= 11 is 0. The van der Waals surface area contributed by atoms with E-state index in [1.807, 2.05) is 0 Å². The average molecular weight is 252 g/mol. The highest BCUT2D eigenvalue weighted by Gasteiger charge is 2.32. The number of carboxylic acid groups (broad SMARTS) is 1. The van der Waals surface area contributed by atoms with Gasteiger partial charge in [-0.1, -0.05) is 0 Å². The van der Waals surface area contributed by atoms with E-state index in [0.717, 1.165) is 0 Å². The highest BCUT2D eigenvalue weighted by molar-refractivity contribution is 5.93. The number of anilines is 1. The van der Waals surface area contributed by atoms with E-state index in [-0.39, 0.29) is 12.2 Å². The molecule has 2 heterocycles. The van der Waals surface area contributed by atoms with E-state index in [1.165, 1.54) is 12.4 Å². The molecular formula is C12H16N2O4. The fraction of sp³-hybridized carbons (Fsp3) is 0.500. The Kier molecular flexibility index (Phi) is 3.78. The zero-order valence-electron chi connectivity index (χ0n) is 9.93. The van der Waals surface area contributed by atoms with Crippen molar-refractivity contribution >= 4 is 11.7 Å². The second-order valence-corrected chi connectivity index (χ2v) is 4.40. The third-order valence-corrected chi connectivity index (χ3v) is 3.20. The quantitative estimate of drug-likeness (QED) is 0.731. The van der Waals surface area contributed by atoms with Gasteiger partial charge < -0.3 is 20.3 Å². The van der Waals surface area contributed by atoms with Crippen molar-refractivity contribution in [2.24, 2.45) is 0 Å². The predicted octanol–water partition coefficient (Wildman–Crippen LogP) is 0.733. The zero-order chi connectivity index (χ0) is 13.0. The Morgan fingerprint density at radius 1 is 1.50 bits per heavy atom. The fourth-order valence-corrected chi connectivity index (χ4v) is 2.04. The predicted molar refractivity (Wildman–Crippen MR) is 64.7 cm³/mol. The minimum Gasteiger partial charge on any atom is -0.478 e. The van der Waals surface area contributed by atoms with Gasteiger partial charge in [0.2, 0.25) is 0 Å². The van der Waals surface area contributed by atoms with Crippen LogP contribution >= 0.6 is 0 Å². The number of aliphatic hydroxyl groups excluding tert-OH is 1. The molecule has 3 N–H and O–H groups in total. The molecule has 0 aromatic carbocycles. The Morgan fingerprint density at radius 3 is 2.83 bits per heavy atom. The summed E-state index contributed by atoms with van der Waals surface area (Å²) < 4.78 is 5.26. The van der Waals surface area contributed by atoms with Crippen molar-refractivity contribution < 1.29 is 19.7 Å². The molecule has 0 atom stereocenters. The smallest absolute Gasteiger partial charge is 0.339 e. The summed E-state index contributed by atoms with van der Waals surface area (Å²) in [6, 6.07) is 1.61. The largest absolute Gasteiger partial charge is 0.478 e. The van der Waals surface area contributed by atoms with Gasteiger partial charge in [0.25, 0.3) is 0 Å². The van der Waals surface area contributed by atoms with Crippen molar-refractivity contribution in [1.82, 2.24) is 4.98 Å². The molecule has 1 aromatic heterocycles. The number of hydrogen-bond donors (Lipinski definition) is 3. The lowest BCUT2D eigenvalue weighted by Crippen LogP contribution is -2.47. The van der Waals surface area contributed by atoms with Crippen molar-refractivity contribution in [2.45, 2.75) is 18.4 Å². The molecular weight excluding hydrogens is 236 g/mol. The van der Waals surface area contributed by atoms with Crippen LogP contribution in [-0.2, 0) is 4.74 Å². The first kappa shape index (κ1) is 12.8. The van der Waals surface area contributed by atoms with E-state index >= 15 is 0 Å². The molecule has 6 nitrogen and oxygen atoms in total. The number of carbonyl (C=O) groups is 1. The lowest BCUT2D eigenvalue weighted by Gasteiger charge is -2.37. The maximum Gasteiger partial charge on any atom is 0.339 e. The molecule has 18 heavy (non-hydrogen) atoms. The first-order valence-corrected chi connectivity index (χ1v) is 5.81. The number of nitrogens with one attached hydrogen (secondary N) is 1. The van der Waals surface area contributed by atoms with Crippen LogP contribution in [0, 0.1) is 0 Å². The Hall–Kier alpha value is -1.66. The van der Waals surface area contributed by atoms with Crippen molar-refractivity contribution in [3.63, 3.8) is 0 Å². The van der Waals surface area contributed by atoms with Gasteiger partial charge in [0.15, 0.2) is 0 Å². The summed E-state index contributed by atoms with van der Waals surface area (Å²) in [5.41, 5.74) is 0.0781. The summed E-state index contributed by atoms with van der Waals surface area (Å²) in [6.45, 7) is 1.06. The lowest BCUT2D eigenvalue weighted by atomic mass is 9.90. The Balaban J connectivity index is 2.24. The minimum atomic E-state index is -1.04. The topological polar surface area (TPSA) is 91.7 Å². The molecule has 98 valence electrons. The number of aromatic nitrogens is 1. The zero-order valence-corrected chi connectivity index (χ0v) is 9.93. The number of carboxylic acids is 1. The first-order valence-electron chi connectivity index (χ1n) is 5.81. The van der Waals surface area contributed by atoms with Gasteiger partial charge in [0.1, 0.15) is 5.56 Å². The van der Waals surface area contributed by atoms with Gasteiger partial charge in [-0.2, -0.15) is 0 Å². The number of ether oxygens (including phenoxy) is 1. The fourth-order valence-electron chi connectivity index (χ4n) is 2.04. The van der Waals surface area contributed by atoms with Crippen LogP contribution in [-0.4, -0.2) is 46.5 Å². The van der Waals surface area contributed by atoms with Crippen molar-refractivity contribution in [3.8, 4) is 0 Å². The first-order chi connectivity index (χ1) is 8.67. The van der Waals surface area contributed by atoms with E-state index in [4.69, 9.17) is 9.84 Å². The monoisotopic (exact) mass is 252 g/mol. The van der Waals surface area contributed by atoms with Crippen molar-refractivity contribution in [2.75, 3.05) is 25.1 Å². The number of nitrogens with zero attached hydrogens (tertiary/aromatic N) is 1. The second kappa shape index (κ2) is 5.32. The minimum absolute atomic E-state index is 0.0578. The van der Waals surface area contributed by atoms with Gasteiger partial charge in [-0.25, -0.2) is 4.79 Å². The molecule has 1 aliphatic heterocycles. The van der Waals surface area contributed by atoms with Gasteiger partial charge in [0, 0.05) is 25.6 Å². The molecule has 1 aliphatic rings. The number of rotatable bonds is 4. The summed E-state index contributed by atoms with van der Waals surface area (Å²) in [5.74, 6) is -1.04. The SMILES string of the molecule is O=C(O)c1cnccc1NC1(CO)CCOCC1. The number of hydrogen-bond acceptors (Lipinski definition) is 5. The maximum atomic E-state index is 11.1. The molecule has 1 aromatic rings. The molecule has 1 saturated heterocycles. The lowest BCUT2D eigenvalue weighted by molar-refractivity contribution is 0.0379. The van der Waals surface area contributed by atoms with Gasteiger partial charge in [-0.3, -0.25) is 4.98 Å². The van der Waals surface area contributed by atoms with Gasteiger partial charge in [0.05, 0.1) is 17.8 Å². The standard InChI is InChI=1S/C12H16N2O4/c15-8-12(2-5-18-6-3-12)14-10-1-4-13-7-9(10)11(16)17/h1,4,7,15H,2-3,5-6,8H2,(H,13,14)(H,16,17). The van der Waals surface area contributed by atoms with Crippen LogP contribution < -0.4 is 5.32 Å². The van der Waals surface area contributed by atoms with Gasteiger partial charge in [-0.15, -0.1) is 0 Å². The summed E-state index contributed by atoms with van der Waals surface area (Å²) in [5, 5.41) is 21.8. The summed E-state index contributed by atoms with van der Waals surface area (Å²) in [4.78, 5) is 14.9. The summed E-state index contributed by atoms with van der Waals surface area (Å²) in [7, 11) is 0. The highest BCUT2D eigenvalue weighted by Crippen LogP contribution is 2.27. The van der Waals surface area contributed by atoms with E-state index in [1.54, 1.807) is 6.07 Å². The average Bonchev–Trinajstić information content (AvgIpc) is 2.40. The Labute approximate surface area is 105 Å². The Morgan fingerprint density at radius 2 is 2.22 bits per heavy atom. The third kappa shape index (κ3) is 2.60. The molecule has 0 aliphatic carbocycles. The Bertz CT molecular complexity index is 430. The highest BCUT2D eigenvalue weighted by atomic mass is 16.5. The molecule has 0 radical (unpaired) electrons. The summed E-state index contributed by atoms with van der Waals surface area (Å²) in [6.07, 6.45) is 4.12. The van der Waals surface area contributed by atoms with Crippen LogP contribution in [0.4, 0.5) is 5.69 Å². The van der Waals surface area contributed by atoms with E-state index in [2.05, 4.69) is 10.3 Å². The normalized spacial score (nSPS) is 18.3. The van der Waals surface area contributed by atoms with Crippen LogP contribution in [0.25, 0.3) is 0 Å². The molecule has 1 fully saturated rings. The van der Waals surface area contributed by atoms with E-state index in [9.17, 15) is 9.90 Å². The number of aliphatic hydroxyl groups is 1. The van der Waals surface area contributed by atoms with Crippen LogP contribution in [0.15, 0.2) is 18.5 Å².